The van der Waals surface area contributed by atoms with Crippen molar-refractivity contribution in [3.63, 3.8) is 0 Å². The summed E-state index contributed by atoms with van der Waals surface area (Å²) >= 11 is 0. The maximum atomic E-state index is 12.9. The number of rotatable bonds is 11. The first kappa shape index (κ1) is 29.9. The summed E-state index contributed by atoms with van der Waals surface area (Å²) < 4.78 is 33.3. The fourth-order valence-electron chi connectivity index (χ4n) is 5.06. The summed E-state index contributed by atoms with van der Waals surface area (Å²) in [6, 6.07) is 0. The van der Waals surface area contributed by atoms with Crippen LogP contribution in [0, 0.1) is 23.7 Å². The summed E-state index contributed by atoms with van der Waals surface area (Å²) in [7, 11) is 0. The van der Waals surface area contributed by atoms with E-state index in [1.807, 2.05) is 27.7 Å². The molecule has 0 radical (unpaired) electrons. The lowest BCUT2D eigenvalue weighted by molar-refractivity contribution is -0.206. The number of carbonyl (C=O) groups is 4. The Morgan fingerprint density at radius 2 is 1.63 bits per heavy atom. The minimum atomic E-state index is -1.72. The molecule has 0 aromatic heterocycles. The third-order valence-electron chi connectivity index (χ3n) is 6.90. The Kier molecular flexibility index (Phi) is 9.13. The minimum absolute atomic E-state index is 0.0640. The standard InChI is InChI=1S/C27H40O11/c1-14(2)8-20(29)37-19-10-26(32)18(12-34-25(36-17(7)28)23(26)27(19)13-35-27)11-33-24(31)22(16(5)6)38-21(30)9-15(3)4/h12,14-16,19,22-23,25,32H,8-11,13H2,1-7H3/t19-,22-,23+,25+,26-,27+/m0/s1. The molecule has 2 heterocycles. The lowest BCUT2D eigenvalue weighted by atomic mass is 9.79. The van der Waals surface area contributed by atoms with Gasteiger partial charge >= 0.3 is 23.9 Å². The summed E-state index contributed by atoms with van der Waals surface area (Å²) in [6.07, 6.45) is -1.68. The van der Waals surface area contributed by atoms with Gasteiger partial charge in [-0.2, -0.15) is 0 Å². The van der Waals surface area contributed by atoms with Crippen LogP contribution in [0.2, 0.25) is 0 Å². The first-order valence-corrected chi connectivity index (χ1v) is 13.1. The van der Waals surface area contributed by atoms with Crippen LogP contribution in [0.5, 0.6) is 0 Å². The van der Waals surface area contributed by atoms with E-state index >= 15 is 0 Å². The largest absolute Gasteiger partial charge is 0.462 e. The topological polar surface area (TPSA) is 147 Å². The second-order valence-corrected chi connectivity index (χ2v) is 11.5. The summed E-state index contributed by atoms with van der Waals surface area (Å²) in [5, 5.41) is 11.9. The molecule has 1 aliphatic carbocycles. The second kappa shape index (κ2) is 11.6. The number of aliphatic hydroxyl groups is 1. The summed E-state index contributed by atoms with van der Waals surface area (Å²) in [6.45, 7) is 12.0. The van der Waals surface area contributed by atoms with E-state index in [2.05, 4.69) is 0 Å². The van der Waals surface area contributed by atoms with Crippen LogP contribution in [-0.4, -0.2) is 71.9 Å². The smallest absolute Gasteiger partial charge is 0.348 e. The van der Waals surface area contributed by atoms with Crippen molar-refractivity contribution in [1.82, 2.24) is 0 Å². The zero-order valence-electron chi connectivity index (χ0n) is 23.2. The van der Waals surface area contributed by atoms with Gasteiger partial charge in [-0.05, 0) is 11.8 Å². The van der Waals surface area contributed by atoms with Crippen molar-refractivity contribution in [2.75, 3.05) is 13.2 Å². The van der Waals surface area contributed by atoms with Crippen LogP contribution in [0.15, 0.2) is 11.8 Å². The third-order valence-corrected chi connectivity index (χ3v) is 6.90. The van der Waals surface area contributed by atoms with Gasteiger partial charge in [0.2, 0.25) is 6.10 Å². The first-order valence-electron chi connectivity index (χ1n) is 13.1. The van der Waals surface area contributed by atoms with Gasteiger partial charge in [0, 0.05) is 37.7 Å². The highest BCUT2D eigenvalue weighted by Gasteiger charge is 2.76. The van der Waals surface area contributed by atoms with E-state index in [-0.39, 0.29) is 55.8 Å². The number of epoxide rings is 1. The molecule has 6 atom stereocenters. The van der Waals surface area contributed by atoms with Crippen molar-refractivity contribution in [1.29, 1.82) is 0 Å². The van der Waals surface area contributed by atoms with Crippen LogP contribution >= 0.6 is 0 Å². The molecule has 0 unspecified atom stereocenters. The van der Waals surface area contributed by atoms with E-state index in [0.717, 1.165) is 0 Å². The zero-order chi connectivity index (χ0) is 28.4. The SMILES string of the molecule is CC(=O)O[C@H]1OC=C(COC(=O)[C@@H](OC(=O)CC(C)C)C(C)C)[C@@]2(O)C[C@H](OC(=O)CC(C)C)[C@]3(CO3)[C@H]12. The highest BCUT2D eigenvalue weighted by Crippen LogP contribution is 2.59. The quantitative estimate of drug-likeness (QED) is 0.234. The number of hydrogen-bond acceptors (Lipinski definition) is 11. The van der Waals surface area contributed by atoms with Gasteiger partial charge in [-0.15, -0.1) is 0 Å². The summed E-state index contributed by atoms with van der Waals surface area (Å²) in [5.41, 5.74) is -2.65. The van der Waals surface area contributed by atoms with E-state index in [1.165, 1.54) is 13.2 Å². The van der Waals surface area contributed by atoms with Crippen molar-refractivity contribution in [2.24, 2.45) is 23.7 Å². The Labute approximate surface area is 223 Å². The molecule has 0 aromatic rings. The first-order chi connectivity index (χ1) is 17.7. The number of fused-ring (bicyclic) bond motifs is 2. The van der Waals surface area contributed by atoms with Gasteiger partial charge in [0.15, 0.2) is 0 Å². The van der Waals surface area contributed by atoms with Crippen molar-refractivity contribution in [3.8, 4) is 0 Å². The van der Waals surface area contributed by atoms with E-state index in [1.54, 1.807) is 13.8 Å². The molecule has 3 aliphatic rings. The fourth-order valence-corrected chi connectivity index (χ4v) is 5.06. The predicted octanol–water partition coefficient (Wildman–Crippen LogP) is 2.42. The molecule has 0 bridgehead atoms. The molecule has 2 aliphatic heterocycles. The van der Waals surface area contributed by atoms with Gasteiger partial charge in [0.05, 0.1) is 12.9 Å². The van der Waals surface area contributed by atoms with Gasteiger partial charge in [0.25, 0.3) is 6.29 Å². The molecule has 1 N–H and O–H groups in total. The molecule has 11 nitrogen and oxygen atoms in total. The average Bonchev–Trinajstić information content (AvgIpc) is 3.51. The van der Waals surface area contributed by atoms with Crippen LogP contribution in [0.25, 0.3) is 0 Å². The van der Waals surface area contributed by atoms with E-state index in [9.17, 15) is 24.3 Å². The van der Waals surface area contributed by atoms with Gasteiger partial charge < -0.3 is 33.5 Å². The fraction of sp³-hybridized carbons (Fsp3) is 0.778. The van der Waals surface area contributed by atoms with Crippen molar-refractivity contribution in [3.05, 3.63) is 11.8 Å². The molecular weight excluding hydrogens is 500 g/mol. The maximum absolute atomic E-state index is 12.9. The highest BCUT2D eigenvalue weighted by molar-refractivity contribution is 5.80. The molecule has 0 amide bonds. The Morgan fingerprint density at radius 3 is 2.16 bits per heavy atom. The molecule has 0 aromatic carbocycles. The lowest BCUT2D eigenvalue weighted by Gasteiger charge is -2.40. The average molecular weight is 541 g/mol. The summed E-state index contributed by atoms with van der Waals surface area (Å²) in [5.74, 6) is -3.48. The second-order valence-electron chi connectivity index (χ2n) is 11.5. The number of ether oxygens (including phenoxy) is 6. The maximum Gasteiger partial charge on any atom is 0.348 e. The van der Waals surface area contributed by atoms with Crippen molar-refractivity contribution in [2.45, 2.75) is 97.4 Å². The Balaban J connectivity index is 1.79. The highest BCUT2D eigenvalue weighted by atomic mass is 16.7. The van der Waals surface area contributed by atoms with Gasteiger partial charge in [-0.1, -0.05) is 41.5 Å². The Morgan fingerprint density at radius 1 is 1.03 bits per heavy atom. The van der Waals surface area contributed by atoms with Crippen LogP contribution in [-0.2, 0) is 47.6 Å². The molecule has 11 heteroatoms. The van der Waals surface area contributed by atoms with Crippen LogP contribution in [0.4, 0.5) is 0 Å². The Hall–Kier alpha value is -2.66. The summed E-state index contributed by atoms with van der Waals surface area (Å²) in [4.78, 5) is 49.3. The number of hydrogen-bond donors (Lipinski definition) is 1. The van der Waals surface area contributed by atoms with E-state index < -0.39 is 59.5 Å². The predicted molar refractivity (Wildman–Crippen MR) is 131 cm³/mol. The van der Waals surface area contributed by atoms with Crippen molar-refractivity contribution >= 4 is 23.9 Å². The van der Waals surface area contributed by atoms with Crippen LogP contribution in [0.1, 0.15) is 67.7 Å². The monoisotopic (exact) mass is 540 g/mol. The minimum Gasteiger partial charge on any atom is -0.462 e. The lowest BCUT2D eigenvalue weighted by Crippen LogP contribution is -2.53. The number of carbonyl (C=O) groups excluding carboxylic acids is 4. The molecule has 2 fully saturated rings. The number of esters is 4. The molecule has 1 saturated carbocycles. The Bertz CT molecular complexity index is 949. The van der Waals surface area contributed by atoms with Gasteiger partial charge in [-0.25, -0.2) is 4.79 Å². The van der Waals surface area contributed by atoms with Crippen LogP contribution in [0.3, 0.4) is 0 Å². The molecule has 1 spiro atoms. The van der Waals surface area contributed by atoms with Crippen molar-refractivity contribution < 1.29 is 52.7 Å². The van der Waals surface area contributed by atoms with E-state index in [4.69, 9.17) is 28.4 Å². The van der Waals surface area contributed by atoms with Crippen LogP contribution < -0.4 is 0 Å². The molecule has 1 saturated heterocycles. The molecule has 3 rings (SSSR count). The normalized spacial score (nSPS) is 30.4. The molecule has 38 heavy (non-hydrogen) atoms. The zero-order valence-corrected chi connectivity index (χ0v) is 23.2. The van der Waals surface area contributed by atoms with E-state index in [0.29, 0.717) is 0 Å². The third kappa shape index (κ3) is 6.48. The van der Waals surface area contributed by atoms with Gasteiger partial charge in [0.1, 0.15) is 29.8 Å². The van der Waals surface area contributed by atoms with Gasteiger partial charge in [-0.3, -0.25) is 14.4 Å². The molecular formula is C27H40O11. The molecule has 214 valence electrons.